The molecular formula is C68H72Cl4F2N6O10S2. The molecule has 0 radical (unpaired) electrons. The number of halogens is 6. The number of morpholine rings is 2. The quantitative estimate of drug-likeness (QED) is 0.0636. The molecule has 12 rings (SSSR count). The van der Waals surface area contributed by atoms with Gasteiger partial charge in [0.1, 0.15) is 36.1 Å². The van der Waals surface area contributed by atoms with E-state index in [0.29, 0.717) is 68.0 Å². The van der Waals surface area contributed by atoms with Gasteiger partial charge in [-0.15, -0.1) is 0 Å². The van der Waals surface area contributed by atoms with Gasteiger partial charge in [-0.25, -0.2) is 25.6 Å². The van der Waals surface area contributed by atoms with Crippen molar-refractivity contribution in [1.82, 2.24) is 19.6 Å². The Morgan fingerprint density at radius 1 is 0.478 bits per heavy atom. The number of amides is 4. The number of benzene rings is 6. The van der Waals surface area contributed by atoms with Gasteiger partial charge in [-0.1, -0.05) is 119 Å². The summed E-state index contributed by atoms with van der Waals surface area (Å²) in [5.41, 5.74) is 2.72. The Bertz CT molecular complexity index is 3680. The van der Waals surface area contributed by atoms with Crippen molar-refractivity contribution in [2.24, 2.45) is 11.8 Å². The zero-order chi connectivity index (χ0) is 65.5. The second-order valence-corrected chi connectivity index (χ2v) is 31.0. The second kappa shape index (κ2) is 27.9. The van der Waals surface area contributed by atoms with Gasteiger partial charge in [0.2, 0.25) is 31.9 Å². The van der Waals surface area contributed by atoms with Crippen LogP contribution in [0.5, 0.6) is 0 Å². The monoisotopic (exact) mass is 1370 g/mol. The summed E-state index contributed by atoms with van der Waals surface area (Å²) in [6, 6.07) is 37.4. The number of ether oxygens (including phenoxy) is 2. The van der Waals surface area contributed by atoms with Crippen molar-refractivity contribution in [3.05, 3.63) is 200 Å². The van der Waals surface area contributed by atoms with Gasteiger partial charge in [-0.05, 0) is 158 Å². The van der Waals surface area contributed by atoms with Crippen molar-refractivity contribution in [3.8, 4) is 0 Å². The van der Waals surface area contributed by atoms with E-state index in [2.05, 4.69) is 0 Å². The molecule has 4 amide bonds. The first-order valence-electron chi connectivity index (χ1n) is 30.8. The standard InChI is InChI=1S/2C34H36Cl2FN3O5S/c2*1-38(2)31(41)19-30-34(42)40(32(22-12-14-24(35)15-13-22)33(45-30)23-6-5-7-25(36)18-23)29(21-10-11-21)20-39(46(43,44)26-16-17-26)28-9-4-3-8-27(28)37/h2*3-9,12-15,18,21,26,29-30,32-33H,10-11,16-17,19-20H2,1-2H3/t29-,30+,32-,33-;29-,30-,32-,33-/m11/s1. The number of sulfonamides is 2. The van der Waals surface area contributed by atoms with Crippen molar-refractivity contribution in [2.75, 3.05) is 49.9 Å². The van der Waals surface area contributed by atoms with E-state index >= 15 is 8.78 Å². The fourth-order valence-corrected chi connectivity index (χ4v) is 16.8. The highest BCUT2D eigenvalue weighted by atomic mass is 35.5. The molecule has 92 heavy (non-hydrogen) atoms. The SMILES string of the molecule is CN(C)C(=O)C[C@@H]1O[C@H](c2cccc(Cl)c2)[C@@H](c2ccc(Cl)cc2)N([C@H](CN(c2ccccc2F)S(=O)(=O)C2CC2)C2CC2)C1=O.CN(C)C(=O)C[C@H]1O[C@H](c2cccc(Cl)c2)[C@@H](c2ccc(Cl)cc2)N([C@H](CN(c2ccccc2F)S(=O)(=O)C2CC2)C2CC2)C1=O. The lowest BCUT2D eigenvalue weighted by atomic mass is 9.89. The van der Waals surface area contributed by atoms with Crippen LogP contribution in [0.15, 0.2) is 146 Å². The first-order chi connectivity index (χ1) is 43.9. The van der Waals surface area contributed by atoms with Gasteiger partial charge in [-0.2, -0.15) is 0 Å². The van der Waals surface area contributed by atoms with Gasteiger partial charge in [0.15, 0.2) is 0 Å². The van der Waals surface area contributed by atoms with Crippen molar-refractivity contribution < 1.29 is 54.3 Å². The highest BCUT2D eigenvalue weighted by molar-refractivity contribution is 7.94. The van der Waals surface area contributed by atoms with E-state index in [1.165, 1.54) is 54.8 Å². The number of rotatable bonds is 22. The predicted octanol–water partition coefficient (Wildman–Crippen LogP) is 12.8. The number of hydrogen-bond acceptors (Lipinski definition) is 10. The van der Waals surface area contributed by atoms with Crippen LogP contribution in [0, 0.1) is 23.5 Å². The Kier molecular flexibility index (Phi) is 20.4. The number of para-hydroxylation sites is 2. The predicted molar refractivity (Wildman–Crippen MR) is 351 cm³/mol. The van der Waals surface area contributed by atoms with Gasteiger partial charge < -0.3 is 29.1 Å². The summed E-state index contributed by atoms with van der Waals surface area (Å²) in [5, 5.41) is 0.744. The molecule has 16 nitrogen and oxygen atoms in total. The Morgan fingerprint density at radius 2 is 0.826 bits per heavy atom. The van der Waals surface area contributed by atoms with Crippen LogP contribution in [0.3, 0.4) is 0 Å². The number of hydrogen-bond donors (Lipinski definition) is 0. The van der Waals surface area contributed by atoms with E-state index in [-0.39, 0.29) is 61.0 Å². The minimum atomic E-state index is -3.93. The summed E-state index contributed by atoms with van der Waals surface area (Å²) in [5.74, 6) is -2.85. The topological polar surface area (TPSA) is 174 Å². The fourth-order valence-electron chi connectivity index (χ4n) is 12.4. The maximum atomic E-state index is 15.3. The van der Waals surface area contributed by atoms with Crippen molar-refractivity contribution in [1.29, 1.82) is 0 Å². The molecular weight excluding hydrogens is 1300 g/mol. The molecule has 6 aliphatic rings. The normalized spacial score (nSPS) is 22.4. The smallest absolute Gasteiger partial charge is 0.253 e. The highest BCUT2D eigenvalue weighted by Gasteiger charge is 2.55. The van der Waals surface area contributed by atoms with E-state index < -0.39 is 103 Å². The summed E-state index contributed by atoms with van der Waals surface area (Å²) >= 11 is 25.4. The molecule has 488 valence electrons. The zero-order valence-electron chi connectivity index (χ0n) is 51.1. The third-order valence-electron chi connectivity index (χ3n) is 17.9. The Balaban J connectivity index is 0.000000188. The first-order valence-corrected chi connectivity index (χ1v) is 35.3. The molecule has 4 aliphatic carbocycles. The second-order valence-electron chi connectivity index (χ2n) is 24.9. The average molecular weight is 1380 g/mol. The molecule has 6 fully saturated rings. The molecule has 24 heteroatoms. The van der Waals surface area contributed by atoms with Gasteiger partial charge in [0.25, 0.3) is 11.8 Å². The third-order valence-corrected chi connectivity index (χ3v) is 23.4. The zero-order valence-corrected chi connectivity index (χ0v) is 55.8. The van der Waals surface area contributed by atoms with Crippen LogP contribution in [0.1, 0.15) is 111 Å². The van der Waals surface area contributed by atoms with E-state index in [9.17, 15) is 36.0 Å². The van der Waals surface area contributed by atoms with E-state index in [1.54, 1.807) is 111 Å². The molecule has 0 aromatic heterocycles. The number of nitrogens with zero attached hydrogens (tertiary/aromatic N) is 6. The lowest BCUT2D eigenvalue weighted by Gasteiger charge is -2.49. The van der Waals surface area contributed by atoms with E-state index in [0.717, 1.165) is 25.7 Å². The minimum absolute atomic E-state index is 0.0467. The molecule has 2 heterocycles. The molecule has 0 N–H and O–H groups in total. The number of carbonyl (C=O) groups excluding carboxylic acids is 4. The Hall–Kier alpha value is -6.36. The minimum Gasteiger partial charge on any atom is -0.357 e. The van der Waals surface area contributed by atoms with Crippen LogP contribution in [-0.4, -0.2) is 136 Å². The maximum absolute atomic E-state index is 15.3. The molecule has 6 aromatic rings. The Labute approximate surface area is 556 Å². The summed E-state index contributed by atoms with van der Waals surface area (Å²) in [6.07, 6.45) is 0.809. The molecule has 0 bridgehead atoms. The lowest BCUT2D eigenvalue weighted by Crippen LogP contribution is -2.59. The van der Waals surface area contributed by atoms with Crippen LogP contribution >= 0.6 is 46.4 Å². The van der Waals surface area contributed by atoms with E-state index in [1.807, 2.05) is 36.4 Å². The van der Waals surface area contributed by atoms with Gasteiger partial charge in [0, 0.05) is 48.3 Å². The van der Waals surface area contributed by atoms with Crippen molar-refractivity contribution in [3.63, 3.8) is 0 Å². The van der Waals surface area contributed by atoms with Crippen LogP contribution in [0.25, 0.3) is 0 Å². The highest BCUT2D eigenvalue weighted by Crippen LogP contribution is 2.52. The van der Waals surface area contributed by atoms with Crippen LogP contribution in [0.2, 0.25) is 20.1 Å². The summed E-state index contributed by atoms with van der Waals surface area (Å²) in [4.78, 5) is 61.5. The van der Waals surface area contributed by atoms with E-state index in [4.69, 9.17) is 55.9 Å². The maximum Gasteiger partial charge on any atom is 0.253 e. The van der Waals surface area contributed by atoms with Crippen LogP contribution in [0.4, 0.5) is 20.2 Å². The first kappa shape index (κ1) is 67.1. The molecule has 2 aliphatic heterocycles. The molecule has 0 unspecified atom stereocenters. The van der Waals surface area contributed by atoms with Gasteiger partial charge in [0.05, 0.1) is 72.0 Å². The van der Waals surface area contributed by atoms with Crippen LogP contribution in [-0.2, 0) is 48.7 Å². The molecule has 4 saturated carbocycles. The molecule has 6 aromatic carbocycles. The lowest BCUT2D eigenvalue weighted by molar-refractivity contribution is -0.182. The molecule has 8 atom stereocenters. The number of anilines is 2. The van der Waals surface area contributed by atoms with Gasteiger partial charge in [-0.3, -0.25) is 27.8 Å². The summed E-state index contributed by atoms with van der Waals surface area (Å²) in [7, 11) is -1.42. The Morgan fingerprint density at radius 3 is 1.13 bits per heavy atom. The van der Waals surface area contributed by atoms with Crippen molar-refractivity contribution in [2.45, 2.75) is 123 Å². The average Bonchev–Trinajstić information content (AvgIpc) is 1.52. The summed E-state index contributed by atoms with van der Waals surface area (Å²) in [6.45, 7) is -0.284. The van der Waals surface area contributed by atoms with Gasteiger partial charge >= 0.3 is 0 Å². The number of carbonyl (C=O) groups is 4. The van der Waals surface area contributed by atoms with Crippen LogP contribution < -0.4 is 8.61 Å². The molecule has 0 spiro atoms. The van der Waals surface area contributed by atoms with Crippen molar-refractivity contribution >= 4 is 101 Å². The fraction of sp³-hybridized carbons (Fsp3) is 0.412. The molecule has 2 saturated heterocycles. The summed E-state index contributed by atoms with van der Waals surface area (Å²) < 4.78 is 102. The third kappa shape index (κ3) is 14.9. The largest absolute Gasteiger partial charge is 0.357 e.